The highest BCUT2D eigenvalue weighted by Gasteiger charge is 2.15. The van der Waals surface area contributed by atoms with E-state index in [0.29, 0.717) is 0 Å². The maximum Gasteiger partial charge on any atom is 0.120 e. The van der Waals surface area contributed by atoms with E-state index in [4.69, 9.17) is 4.74 Å². The first-order valence-electron chi connectivity index (χ1n) is 12.5. The van der Waals surface area contributed by atoms with Gasteiger partial charge in [-0.15, -0.1) is 0 Å². The number of rotatable bonds is 6. The maximum atomic E-state index is 5.42. The second-order valence-corrected chi connectivity index (χ2v) is 9.18. The van der Waals surface area contributed by atoms with Gasteiger partial charge in [0, 0.05) is 41.6 Å². The second-order valence-electron chi connectivity index (χ2n) is 9.18. The lowest BCUT2D eigenvalue weighted by molar-refractivity contribution is 0.415. The summed E-state index contributed by atoms with van der Waals surface area (Å²) in [5.41, 5.74) is 5.54. The lowest BCUT2D eigenvalue weighted by Crippen LogP contribution is -2.12. The fourth-order valence-electron chi connectivity index (χ4n) is 4.87. The average molecular weight is 481 g/mol. The van der Waals surface area contributed by atoms with Gasteiger partial charge in [0.25, 0.3) is 0 Å². The third-order valence-corrected chi connectivity index (χ3v) is 6.92. The van der Waals surface area contributed by atoms with Crippen LogP contribution in [0, 0.1) is 0 Å². The van der Waals surface area contributed by atoms with E-state index in [0.717, 1.165) is 34.2 Å². The molecule has 0 saturated carbocycles. The zero-order chi connectivity index (χ0) is 25.2. The highest BCUT2D eigenvalue weighted by molar-refractivity contribution is 5.92. The molecule has 0 N–H and O–H groups in total. The summed E-state index contributed by atoms with van der Waals surface area (Å²) < 4.78 is 5.42. The number of methoxy groups -OCH3 is 1. The molecule has 0 unspecified atom stereocenters. The van der Waals surface area contributed by atoms with Crippen LogP contribution in [0.15, 0.2) is 133 Å². The van der Waals surface area contributed by atoms with Crippen LogP contribution in [0.3, 0.4) is 0 Å². The van der Waals surface area contributed by atoms with Gasteiger partial charge < -0.3 is 14.5 Å². The van der Waals surface area contributed by atoms with Gasteiger partial charge in [-0.05, 0) is 82.2 Å². The van der Waals surface area contributed by atoms with E-state index in [2.05, 4.69) is 132 Å². The lowest BCUT2D eigenvalue weighted by atomic mass is 10.1. The van der Waals surface area contributed by atoms with Crippen molar-refractivity contribution >= 4 is 50.0 Å². The Kier molecular flexibility index (Phi) is 5.95. The van der Waals surface area contributed by atoms with Crippen LogP contribution < -0.4 is 14.5 Å². The molecule has 6 aromatic carbocycles. The van der Waals surface area contributed by atoms with Crippen LogP contribution in [0.25, 0.3) is 21.5 Å². The Morgan fingerprint density at radius 3 is 1.51 bits per heavy atom. The first kappa shape index (κ1) is 22.7. The molecule has 0 aliphatic rings. The van der Waals surface area contributed by atoms with Crippen molar-refractivity contribution in [3.8, 4) is 5.75 Å². The molecule has 180 valence electrons. The summed E-state index contributed by atoms with van der Waals surface area (Å²) in [6.45, 7) is 0. The summed E-state index contributed by atoms with van der Waals surface area (Å²) in [5.74, 6) is 0.847. The third-order valence-electron chi connectivity index (χ3n) is 6.92. The molecule has 3 nitrogen and oxygen atoms in total. The molecule has 0 fully saturated rings. The lowest BCUT2D eigenvalue weighted by Gasteiger charge is -2.27. The van der Waals surface area contributed by atoms with E-state index >= 15 is 0 Å². The van der Waals surface area contributed by atoms with E-state index in [1.165, 1.54) is 21.5 Å². The highest BCUT2D eigenvalue weighted by Crippen LogP contribution is 2.38. The van der Waals surface area contributed by atoms with Gasteiger partial charge >= 0.3 is 0 Å². The van der Waals surface area contributed by atoms with Crippen molar-refractivity contribution in [1.82, 2.24) is 0 Å². The van der Waals surface area contributed by atoms with Gasteiger partial charge in [-0.25, -0.2) is 0 Å². The molecule has 0 aromatic heterocycles. The van der Waals surface area contributed by atoms with Crippen molar-refractivity contribution in [2.75, 3.05) is 24.0 Å². The largest absolute Gasteiger partial charge is 0.497 e. The van der Waals surface area contributed by atoms with Gasteiger partial charge in [-0.1, -0.05) is 66.7 Å². The smallest absolute Gasteiger partial charge is 0.120 e. The number of hydrogen-bond acceptors (Lipinski definition) is 3. The number of benzene rings is 6. The Morgan fingerprint density at radius 2 is 0.946 bits per heavy atom. The molecular formula is C34H28N2O. The minimum Gasteiger partial charge on any atom is -0.497 e. The molecule has 3 heteroatoms. The van der Waals surface area contributed by atoms with Crippen LogP contribution in [-0.2, 0) is 0 Å². The second kappa shape index (κ2) is 9.71. The molecule has 0 spiro atoms. The Labute approximate surface area is 217 Å². The highest BCUT2D eigenvalue weighted by atomic mass is 16.5. The zero-order valence-electron chi connectivity index (χ0n) is 21.0. The molecule has 0 saturated heterocycles. The van der Waals surface area contributed by atoms with Crippen molar-refractivity contribution in [3.63, 3.8) is 0 Å². The van der Waals surface area contributed by atoms with Crippen molar-refractivity contribution < 1.29 is 4.74 Å². The Balaban J connectivity index is 1.43. The van der Waals surface area contributed by atoms with E-state index in [9.17, 15) is 0 Å². The van der Waals surface area contributed by atoms with Crippen LogP contribution in [0.5, 0.6) is 5.75 Å². The average Bonchev–Trinajstić information content (AvgIpc) is 2.97. The van der Waals surface area contributed by atoms with Crippen molar-refractivity contribution in [2.45, 2.75) is 0 Å². The quantitative estimate of drug-likeness (QED) is 0.236. The Bertz CT molecular complexity index is 1610. The maximum absolute atomic E-state index is 5.42. The summed E-state index contributed by atoms with van der Waals surface area (Å²) in [5, 5.41) is 4.92. The first-order chi connectivity index (χ1) is 18.2. The number of fused-ring (bicyclic) bond motifs is 2. The molecule has 0 radical (unpaired) electrons. The van der Waals surface area contributed by atoms with E-state index in [-0.39, 0.29) is 0 Å². The number of hydrogen-bond donors (Lipinski definition) is 0. The molecule has 37 heavy (non-hydrogen) atoms. The van der Waals surface area contributed by atoms with Crippen LogP contribution >= 0.6 is 0 Å². The Morgan fingerprint density at radius 1 is 0.432 bits per heavy atom. The Hall–Kier alpha value is -4.76. The van der Waals surface area contributed by atoms with Crippen LogP contribution in [0.2, 0.25) is 0 Å². The zero-order valence-corrected chi connectivity index (χ0v) is 21.0. The minimum atomic E-state index is 0.847. The van der Waals surface area contributed by atoms with Gasteiger partial charge in [-0.2, -0.15) is 0 Å². The summed E-state index contributed by atoms with van der Waals surface area (Å²) in [6, 6.07) is 47.2. The summed E-state index contributed by atoms with van der Waals surface area (Å²) in [4.78, 5) is 4.50. The molecule has 0 bridgehead atoms. The summed E-state index contributed by atoms with van der Waals surface area (Å²) in [7, 11) is 3.77. The topological polar surface area (TPSA) is 15.7 Å². The molecule has 6 aromatic rings. The van der Waals surface area contributed by atoms with E-state index in [1.54, 1.807) is 7.11 Å². The standard InChI is InChI=1S/C34H28N2O/c1-35(31-12-7-13-34(24-31)37-2)29-18-20-30(21-19-29)36(32-16-14-25-8-3-5-10-27(25)22-32)33-17-15-26-9-4-6-11-28(26)23-33/h3-24H,1-2H3. The predicted octanol–water partition coefficient (Wildman–Crippen LogP) is 9.24. The number of ether oxygens (including phenoxy) is 1. The van der Waals surface area contributed by atoms with Gasteiger partial charge in [0.15, 0.2) is 0 Å². The number of nitrogens with zero attached hydrogens (tertiary/aromatic N) is 2. The van der Waals surface area contributed by atoms with Crippen molar-refractivity contribution in [1.29, 1.82) is 0 Å². The van der Waals surface area contributed by atoms with E-state index in [1.807, 2.05) is 18.2 Å². The van der Waals surface area contributed by atoms with Crippen LogP contribution in [0.1, 0.15) is 0 Å². The van der Waals surface area contributed by atoms with Crippen LogP contribution in [-0.4, -0.2) is 14.2 Å². The third kappa shape index (κ3) is 4.48. The van der Waals surface area contributed by atoms with Gasteiger partial charge in [0.2, 0.25) is 0 Å². The first-order valence-corrected chi connectivity index (χ1v) is 12.5. The van der Waals surface area contributed by atoms with Gasteiger partial charge in [0.05, 0.1) is 7.11 Å². The van der Waals surface area contributed by atoms with Gasteiger partial charge in [-0.3, -0.25) is 0 Å². The van der Waals surface area contributed by atoms with E-state index < -0.39 is 0 Å². The summed E-state index contributed by atoms with van der Waals surface area (Å²) >= 11 is 0. The molecule has 0 aliphatic carbocycles. The van der Waals surface area contributed by atoms with Crippen LogP contribution in [0.4, 0.5) is 28.4 Å². The molecule has 0 atom stereocenters. The number of anilines is 5. The monoisotopic (exact) mass is 480 g/mol. The fraction of sp³-hybridized carbons (Fsp3) is 0.0588. The summed E-state index contributed by atoms with van der Waals surface area (Å²) in [6.07, 6.45) is 0. The molecule has 0 aliphatic heterocycles. The molecular weight excluding hydrogens is 452 g/mol. The van der Waals surface area contributed by atoms with Crippen molar-refractivity contribution in [2.24, 2.45) is 0 Å². The minimum absolute atomic E-state index is 0.847. The molecule has 0 amide bonds. The van der Waals surface area contributed by atoms with Gasteiger partial charge in [0.1, 0.15) is 5.75 Å². The molecule has 6 rings (SSSR count). The predicted molar refractivity (Wildman–Crippen MR) is 157 cm³/mol. The molecule has 0 heterocycles. The normalized spacial score (nSPS) is 11.0. The van der Waals surface area contributed by atoms with Crippen molar-refractivity contribution in [3.05, 3.63) is 133 Å². The fourth-order valence-corrected chi connectivity index (χ4v) is 4.87. The SMILES string of the molecule is COc1cccc(N(C)c2ccc(N(c3ccc4ccccc4c3)c3ccc4ccccc4c3)cc2)c1.